The zero-order chi connectivity index (χ0) is 17.2. The molecule has 25 heavy (non-hydrogen) atoms. The summed E-state index contributed by atoms with van der Waals surface area (Å²) in [4.78, 5) is 28.0. The van der Waals surface area contributed by atoms with E-state index in [0.29, 0.717) is 29.8 Å². The zero-order valence-electron chi connectivity index (χ0n) is 13.6. The van der Waals surface area contributed by atoms with Gasteiger partial charge in [0.15, 0.2) is 0 Å². The predicted octanol–water partition coefficient (Wildman–Crippen LogP) is 1.27. The molecular formula is C18H16N6O. The van der Waals surface area contributed by atoms with Crippen LogP contribution in [0.4, 0.5) is 0 Å². The summed E-state index contributed by atoms with van der Waals surface area (Å²) in [7, 11) is 0. The standard InChI is InChI=1S/C18H16N6O/c19-6-8-24-17(22-15-4-2-1-3-14(15)18(24)25)11-23-7-5-13-9-20-12-21-16(13)10-23/h1-4,9,12H,5,7-8,10-11H2. The Morgan fingerprint density at radius 2 is 2.16 bits per heavy atom. The molecule has 0 fully saturated rings. The van der Waals surface area contributed by atoms with Crippen LogP contribution in [-0.4, -0.2) is 31.0 Å². The zero-order valence-corrected chi connectivity index (χ0v) is 13.6. The second-order valence-electron chi connectivity index (χ2n) is 6.05. The first-order valence-corrected chi connectivity index (χ1v) is 8.12. The van der Waals surface area contributed by atoms with Crippen molar-refractivity contribution in [2.75, 3.05) is 6.54 Å². The third-order valence-corrected chi connectivity index (χ3v) is 4.49. The molecule has 1 aliphatic rings. The Morgan fingerprint density at radius 1 is 1.28 bits per heavy atom. The number of nitriles is 1. The van der Waals surface area contributed by atoms with Gasteiger partial charge < -0.3 is 0 Å². The maximum absolute atomic E-state index is 12.7. The maximum Gasteiger partial charge on any atom is 0.262 e. The summed E-state index contributed by atoms with van der Waals surface area (Å²) in [6.07, 6.45) is 4.29. The van der Waals surface area contributed by atoms with E-state index in [-0.39, 0.29) is 12.1 Å². The Bertz CT molecular complexity index is 1040. The number of rotatable bonds is 3. The molecule has 0 atom stereocenters. The average molecular weight is 332 g/mol. The van der Waals surface area contributed by atoms with Crippen LogP contribution in [0.15, 0.2) is 41.6 Å². The van der Waals surface area contributed by atoms with E-state index in [2.05, 4.69) is 25.9 Å². The molecule has 124 valence electrons. The number of hydrogen-bond acceptors (Lipinski definition) is 6. The van der Waals surface area contributed by atoms with Crippen LogP contribution >= 0.6 is 0 Å². The number of para-hydroxylation sites is 1. The summed E-state index contributed by atoms with van der Waals surface area (Å²) in [5, 5.41) is 9.65. The van der Waals surface area contributed by atoms with Crippen molar-refractivity contribution in [2.45, 2.75) is 26.1 Å². The summed E-state index contributed by atoms with van der Waals surface area (Å²) in [6.45, 7) is 2.03. The number of aromatic nitrogens is 4. The number of fused-ring (bicyclic) bond motifs is 2. The lowest BCUT2D eigenvalue weighted by atomic mass is 10.1. The molecule has 0 bridgehead atoms. The van der Waals surface area contributed by atoms with E-state index in [9.17, 15) is 4.79 Å². The fourth-order valence-electron chi connectivity index (χ4n) is 3.21. The van der Waals surface area contributed by atoms with Gasteiger partial charge in [-0.3, -0.25) is 14.3 Å². The van der Waals surface area contributed by atoms with E-state index in [1.165, 1.54) is 10.1 Å². The molecule has 4 rings (SSSR count). The highest BCUT2D eigenvalue weighted by Crippen LogP contribution is 2.17. The molecule has 0 saturated carbocycles. The number of hydrogen-bond donors (Lipinski definition) is 0. The Labute approximate surface area is 144 Å². The molecule has 0 radical (unpaired) electrons. The Hall–Kier alpha value is -3.11. The van der Waals surface area contributed by atoms with E-state index in [1.807, 2.05) is 24.4 Å². The van der Waals surface area contributed by atoms with Crippen molar-refractivity contribution in [3.63, 3.8) is 0 Å². The Balaban J connectivity index is 1.71. The second kappa shape index (κ2) is 6.42. The summed E-state index contributed by atoms with van der Waals surface area (Å²) in [5.74, 6) is 0.614. The molecular weight excluding hydrogens is 316 g/mol. The third kappa shape index (κ3) is 2.88. The third-order valence-electron chi connectivity index (χ3n) is 4.49. The van der Waals surface area contributed by atoms with Gasteiger partial charge in [0.1, 0.15) is 18.7 Å². The maximum atomic E-state index is 12.7. The summed E-state index contributed by atoms with van der Waals surface area (Å²) >= 11 is 0. The quantitative estimate of drug-likeness (QED) is 0.718. The van der Waals surface area contributed by atoms with Crippen molar-refractivity contribution in [3.05, 3.63) is 64.2 Å². The second-order valence-corrected chi connectivity index (χ2v) is 6.05. The first kappa shape index (κ1) is 15.4. The minimum atomic E-state index is -0.165. The van der Waals surface area contributed by atoms with Crippen molar-refractivity contribution in [1.29, 1.82) is 5.26 Å². The van der Waals surface area contributed by atoms with E-state index >= 15 is 0 Å². The molecule has 3 aromatic rings. The van der Waals surface area contributed by atoms with E-state index in [0.717, 1.165) is 18.7 Å². The highest BCUT2D eigenvalue weighted by Gasteiger charge is 2.20. The van der Waals surface area contributed by atoms with Crippen molar-refractivity contribution in [3.8, 4) is 6.07 Å². The van der Waals surface area contributed by atoms with Gasteiger partial charge in [0.25, 0.3) is 5.56 Å². The van der Waals surface area contributed by atoms with Gasteiger partial charge in [-0.15, -0.1) is 0 Å². The van der Waals surface area contributed by atoms with Crippen LogP contribution in [-0.2, 0) is 26.1 Å². The minimum Gasteiger partial charge on any atom is -0.290 e. The van der Waals surface area contributed by atoms with Crippen molar-refractivity contribution < 1.29 is 0 Å². The molecule has 3 heterocycles. The molecule has 7 heteroatoms. The lowest BCUT2D eigenvalue weighted by Gasteiger charge is -2.27. The van der Waals surface area contributed by atoms with Gasteiger partial charge in [-0.1, -0.05) is 12.1 Å². The fourth-order valence-corrected chi connectivity index (χ4v) is 3.21. The highest BCUT2D eigenvalue weighted by atomic mass is 16.1. The van der Waals surface area contributed by atoms with Crippen LogP contribution in [0, 0.1) is 11.3 Å². The SMILES string of the molecule is N#CCn1c(CN2CCc3cncnc3C2)nc2ccccc2c1=O. The van der Waals surface area contributed by atoms with E-state index in [4.69, 9.17) is 5.26 Å². The molecule has 1 aromatic carbocycles. The van der Waals surface area contributed by atoms with Crippen LogP contribution in [0.5, 0.6) is 0 Å². The van der Waals surface area contributed by atoms with Gasteiger partial charge in [0.2, 0.25) is 0 Å². The van der Waals surface area contributed by atoms with Crippen LogP contribution in [0.1, 0.15) is 17.1 Å². The first-order valence-electron chi connectivity index (χ1n) is 8.12. The Kier molecular flexibility index (Phi) is 3.96. The molecule has 0 amide bonds. The fraction of sp³-hybridized carbons (Fsp3) is 0.278. The largest absolute Gasteiger partial charge is 0.290 e. The molecule has 0 unspecified atom stereocenters. The summed E-state index contributed by atoms with van der Waals surface area (Å²) in [5.41, 5.74) is 2.68. The first-order chi connectivity index (χ1) is 12.3. The normalized spacial score (nSPS) is 14.2. The lowest BCUT2D eigenvalue weighted by molar-refractivity contribution is 0.231. The molecule has 0 spiro atoms. The van der Waals surface area contributed by atoms with Crippen molar-refractivity contribution in [2.24, 2.45) is 0 Å². The number of nitrogens with zero attached hydrogens (tertiary/aromatic N) is 6. The topological polar surface area (TPSA) is 87.7 Å². The van der Waals surface area contributed by atoms with Crippen LogP contribution < -0.4 is 5.56 Å². The van der Waals surface area contributed by atoms with Crippen molar-refractivity contribution >= 4 is 10.9 Å². The predicted molar refractivity (Wildman–Crippen MR) is 91.5 cm³/mol. The van der Waals surface area contributed by atoms with Gasteiger partial charge in [-0.05, 0) is 24.1 Å². The molecule has 0 saturated heterocycles. The summed E-state index contributed by atoms with van der Waals surface area (Å²) in [6, 6.07) is 9.31. The van der Waals surface area contributed by atoms with E-state index < -0.39 is 0 Å². The van der Waals surface area contributed by atoms with Crippen LogP contribution in [0.25, 0.3) is 10.9 Å². The van der Waals surface area contributed by atoms with Gasteiger partial charge in [0, 0.05) is 19.3 Å². The smallest absolute Gasteiger partial charge is 0.262 e. The molecule has 2 aromatic heterocycles. The van der Waals surface area contributed by atoms with Gasteiger partial charge in [-0.25, -0.2) is 15.0 Å². The van der Waals surface area contributed by atoms with Gasteiger partial charge in [0.05, 0.1) is 29.2 Å². The van der Waals surface area contributed by atoms with Crippen molar-refractivity contribution in [1.82, 2.24) is 24.4 Å². The van der Waals surface area contributed by atoms with E-state index in [1.54, 1.807) is 12.4 Å². The lowest BCUT2D eigenvalue weighted by Crippen LogP contribution is -2.34. The molecule has 1 aliphatic heterocycles. The van der Waals surface area contributed by atoms with Crippen LogP contribution in [0.3, 0.4) is 0 Å². The average Bonchev–Trinajstić information content (AvgIpc) is 2.65. The summed E-state index contributed by atoms with van der Waals surface area (Å²) < 4.78 is 1.47. The van der Waals surface area contributed by atoms with Gasteiger partial charge >= 0.3 is 0 Å². The highest BCUT2D eigenvalue weighted by molar-refractivity contribution is 5.77. The minimum absolute atomic E-state index is 0.00139. The Morgan fingerprint density at radius 3 is 3.04 bits per heavy atom. The molecule has 0 N–H and O–H groups in total. The molecule has 7 nitrogen and oxygen atoms in total. The van der Waals surface area contributed by atoms with Gasteiger partial charge in [-0.2, -0.15) is 5.26 Å². The number of benzene rings is 1. The monoisotopic (exact) mass is 332 g/mol. The molecule has 0 aliphatic carbocycles. The van der Waals surface area contributed by atoms with Crippen LogP contribution in [0.2, 0.25) is 0 Å².